The van der Waals surface area contributed by atoms with E-state index < -0.39 is 54.0 Å². The largest absolute Gasteiger partial charge is 0.481 e. The summed E-state index contributed by atoms with van der Waals surface area (Å²) >= 11 is 0. The van der Waals surface area contributed by atoms with Crippen LogP contribution in [0.4, 0.5) is 4.39 Å². The first kappa shape index (κ1) is 31.3. The molecule has 1 aromatic heterocycles. The molecule has 0 fully saturated rings. The number of carbonyl (C=O) groups is 5. The van der Waals surface area contributed by atoms with Gasteiger partial charge in [-0.25, -0.2) is 18.8 Å². The topological polar surface area (TPSA) is 228 Å². The van der Waals surface area contributed by atoms with E-state index in [1.807, 2.05) is 0 Å². The highest BCUT2D eigenvalue weighted by Gasteiger charge is 2.28. The van der Waals surface area contributed by atoms with Crippen LogP contribution < -0.4 is 10.5 Å². The smallest absolute Gasteiger partial charge is 0.379 e. The fourth-order valence-corrected chi connectivity index (χ4v) is 2.44. The standard InChI is InChI=1S/C20H20N2O9.C4H7FO2/c1-10(19(27)31-15(18(25)26)9-16(23)24)8-13-6-7-14(29-13)20(28)30-12-4-2-11(3-5-12)17(21)22;1-4(2,5)3(6)7/h2-7,10,15H,8-9H2,1H3,(H3,21,22)(H,23,24)(H,25,26);1-2H3,(H,6,7)/t10?,15-;/m1./s1. The van der Waals surface area contributed by atoms with Gasteiger partial charge in [-0.2, -0.15) is 0 Å². The van der Waals surface area contributed by atoms with Gasteiger partial charge in [-0.05, 0) is 50.2 Å². The number of furan rings is 1. The number of halogens is 1. The number of ether oxygens (including phenoxy) is 2. The molecule has 0 radical (unpaired) electrons. The van der Waals surface area contributed by atoms with Gasteiger partial charge in [0.05, 0.1) is 12.3 Å². The molecule has 1 unspecified atom stereocenters. The molecule has 1 aromatic carbocycles. The number of hydrogen-bond donors (Lipinski definition) is 5. The van der Waals surface area contributed by atoms with Crippen LogP contribution >= 0.6 is 0 Å². The lowest BCUT2D eigenvalue weighted by Crippen LogP contribution is -2.32. The molecule has 206 valence electrons. The Morgan fingerprint density at radius 3 is 2.05 bits per heavy atom. The van der Waals surface area contributed by atoms with Crippen LogP contribution in [0.5, 0.6) is 5.75 Å². The number of benzene rings is 1. The number of carboxylic acids is 3. The predicted octanol–water partition coefficient (Wildman–Crippen LogP) is 2.25. The van der Waals surface area contributed by atoms with Crippen LogP contribution in [-0.4, -0.2) is 62.8 Å². The zero-order valence-corrected chi connectivity index (χ0v) is 20.6. The molecule has 0 saturated carbocycles. The second-order valence-corrected chi connectivity index (χ2v) is 8.34. The number of nitrogen functional groups attached to an aromatic ring is 1. The van der Waals surface area contributed by atoms with Crippen LogP contribution in [0.1, 0.15) is 49.1 Å². The average molecular weight is 538 g/mol. The molecule has 0 aliphatic heterocycles. The highest BCUT2D eigenvalue weighted by molar-refractivity contribution is 5.95. The highest BCUT2D eigenvalue weighted by atomic mass is 19.1. The zero-order valence-electron chi connectivity index (χ0n) is 20.6. The van der Waals surface area contributed by atoms with Gasteiger partial charge in [0.1, 0.15) is 17.3 Å². The Balaban J connectivity index is 0.000000905. The molecule has 2 aromatic rings. The SMILES string of the molecule is CC(C)(F)C(=O)O.CC(Cc1ccc(C(=O)Oc2ccc(C(=N)N)cc2)o1)C(=O)O[C@H](CC(=O)O)C(=O)O. The van der Waals surface area contributed by atoms with Crippen molar-refractivity contribution in [3.05, 3.63) is 53.5 Å². The minimum atomic E-state index is -2.08. The number of carboxylic acid groups (broad SMARTS) is 3. The van der Waals surface area contributed by atoms with E-state index in [0.717, 1.165) is 13.8 Å². The lowest BCUT2D eigenvalue weighted by molar-refractivity contribution is -0.169. The van der Waals surface area contributed by atoms with E-state index in [2.05, 4.69) is 0 Å². The molecule has 38 heavy (non-hydrogen) atoms. The normalized spacial score (nSPS) is 12.2. The number of esters is 2. The van der Waals surface area contributed by atoms with Gasteiger partial charge in [0.25, 0.3) is 0 Å². The van der Waals surface area contributed by atoms with Crippen LogP contribution in [0.15, 0.2) is 40.8 Å². The van der Waals surface area contributed by atoms with E-state index in [1.165, 1.54) is 43.3 Å². The third-order valence-corrected chi connectivity index (χ3v) is 4.55. The maximum absolute atomic E-state index is 12.2. The lowest BCUT2D eigenvalue weighted by Gasteiger charge is -2.15. The molecule has 0 aliphatic rings. The average Bonchev–Trinajstić information content (AvgIpc) is 3.27. The van der Waals surface area contributed by atoms with Crippen LogP contribution in [-0.2, 0) is 30.3 Å². The Hall–Kier alpha value is -4.75. The fourth-order valence-electron chi connectivity index (χ4n) is 2.44. The quantitative estimate of drug-likeness (QED) is 0.120. The maximum atomic E-state index is 12.2. The summed E-state index contributed by atoms with van der Waals surface area (Å²) in [5.41, 5.74) is 3.74. The van der Waals surface area contributed by atoms with Gasteiger partial charge in [0, 0.05) is 12.0 Å². The Labute approximate surface area is 215 Å². The van der Waals surface area contributed by atoms with Gasteiger partial charge in [-0.1, -0.05) is 6.92 Å². The van der Waals surface area contributed by atoms with Crippen LogP contribution in [0.2, 0.25) is 0 Å². The molecular weight excluding hydrogens is 511 g/mol. The van der Waals surface area contributed by atoms with E-state index in [1.54, 1.807) is 0 Å². The second-order valence-electron chi connectivity index (χ2n) is 8.34. The van der Waals surface area contributed by atoms with Crippen molar-refractivity contribution >= 4 is 35.7 Å². The first-order valence-electron chi connectivity index (χ1n) is 10.8. The van der Waals surface area contributed by atoms with Gasteiger partial charge in [-0.15, -0.1) is 0 Å². The first-order chi connectivity index (χ1) is 17.5. The minimum absolute atomic E-state index is 0.0150. The Kier molecular flexibility index (Phi) is 11.1. The molecule has 0 saturated heterocycles. The summed E-state index contributed by atoms with van der Waals surface area (Å²) in [5, 5.41) is 32.8. The first-order valence-corrected chi connectivity index (χ1v) is 10.8. The van der Waals surface area contributed by atoms with E-state index >= 15 is 0 Å². The summed E-state index contributed by atoms with van der Waals surface area (Å²) in [6.07, 6.45) is -2.68. The summed E-state index contributed by atoms with van der Waals surface area (Å²) in [4.78, 5) is 55.6. The number of rotatable bonds is 11. The number of nitrogens with one attached hydrogen (secondary N) is 1. The molecule has 0 amide bonds. The fraction of sp³-hybridized carbons (Fsp3) is 0.333. The summed E-state index contributed by atoms with van der Waals surface area (Å²) in [7, 11) is 0. The number of hydrogen-bond acceptors (Lipinski definition) is 9. The molecule has 0 spiro atoms. The van der Waals surface area contributed by atoms with Crippen molar-refractivity contribution in [2.24, 2.45) is 11.7 Å². The summed E-state index contributed by atoms with van der Waals surface area (Å²) in [6.45, 7) is 3.43. The third kappa shape index (κ3) is 10.5. The minimum Gasteiger partial charge on any atom is -0.481 e. The van der Waals surface area contributed by atoms with Crippen LogP contribution in [0.3, 0.4) is 0 Å². The number of alkyl halides is 1. The number of aliphatic carboxylic acids is 3. The molecule has 2 rings (SSSR count). The van der Waals surface area contributed by atoms with Crippen molar-refractivity contribution in [1.29, 1.82) is 5.41 Å². The predicted molar refractivity (Wildman–Crippen MR) is 127 cm³/mol. The number of amidine groups is 1. The van der Waals surface area contributed by atoms with E-state index in [9.17, 15) is 28.4 Å². The molecule has 2 atom stereocenters. The van der Waals surface area contributed by atoms with Crippen molar-refractivity contribution < 1.29 is 57.6 Å². The Morgan fingerprint density at radius 2 is 1.61 bits per heavy atom. The van der Waals surface area contributed by atoms with Crippen molar-refractivity contribution in [2.45, 2.75) is 45.4 Å². The summed E-state index contributed by atoms with van der Waals surface area (Å²) in [6, 6.07) is 8.76. The third-order valence-electron chi connectivity index (χ3n) is 4.55. The van der Waals surface area contributed by atoms with Gasteiger partial charge in [0.15, 0.2) is 0 Å². The van der Waals surface area contributed by atoms with Crippen molar-refractivity contribution in [3.8, 4) is 5.75 Å². The van der Waals surface area contributed by atoms with Gasteiger partial charge < -0.3 is 34.9 Å². The zero-order chi connectivity index (χ0) is 29.2. The lowest BCUT2D eigenvalue weighted by atomic mass is 10.1. The molecule has 1 heterocycles. The maximum Gasteiger partial charge on any atom is 0.379 e. The van der Waals surface area contributed by atoms with E-state index in [-0.39, 0.29) is 29.5 Å². The molecule has 14 heteroatoms. The van der Waals surface area contributed by atoms with Crippen molar-refractivity contribution in [2.75, 3.05) is 0 Å². The Bertz CT molecular complexity index is 1180. The van der Waals surface area contributed by atoms with Crippen molar-refractivity contribution in [3.63, 3.8) is 0 Å². The summed E-state index contributed by atoms with van der Waals surface area (Å²) < 4.78 is 27.2. The van der Waals surface area contributed by atoms with E-state index in [0.29, 0.717) is 5.56 Å². The van der Waals surface area contributed by atoms with Crippen LogP contribution in [0, 0.1) is 11.3 Å². The van der Waals surface area contributed by atoms with Gasteiger partial charge in [0.2, 0.25) is 17.5 Å². The Morgan fingerprint density at radius 1 is 1.05 bits per heavy atom. The van der Waals surface area contributed by atoms with E-state index in [4.69, 9.17) is 40.4 Å². The second kappa shape index (κ2) is 13.5. The van der Waals surface area contributed by atoms with Gasteiger partial charge in [-0.3, -0.25) is 15.0 Å². The van der Waals surface area contributed by atoms with Crippen molar-refractivity contribution in [1.82, 2.24) is 0 Å². The number of nitrogens with two attached hydrogens (primary N) is 1. The summed E-state index contributed by atoms with van der Waals surface area (Å²) in [5.74, 6) is -6.77. The molecule has 13 nitrogen and oxygen atoms in total. The van der Waals surface area contributed by atoms with Crippen LogP contribution in [0.25, 0.3) is 0 Å². The number of carbonyl (C=O) groups excluding carboxylic acids is 2. The highest BCUT2D eigenvalue weighted by Crippen LogP contribution is 2.18. The monoisotopic (exact) mass is 538 g/mol. The molecule has 0 bridgehead atoms. The molecular formula is C24H27FN2O11. The van der Waals surface area contributed by atoms with Gasteiger partial charge >= 0.3 is 29.8 Å². The molecule has 0 aliphatic carbocycles. The molecule has 6 N–H and O–H groups in total.